The zero-order valence-electron chi connectivity index (χ0n) is 13.3. The summed E-state index contributed by atoms with van der Waals surface area (Å²) in [5.74, 6) is -0.919. The van der Waals surface area contributed by atoms with E-state index in [0.29, 0.717) is 16.7 Å². The molecule has 2 amide bonds. The van der Waals surface area contributed by atoms with E-state index in [1.165, 1.54) is 17.0 Å². The van der Waals surface area contributed by atoms with Gasteiger partial charge in [-0.25, -0.2) is 4.39 Å². The Balaban J connectivity index is 1.72. The molecule has 0 unspecified atom stereocenters. The molecule has 0 radical (unpaired) electrons. The lowest BCUT2D eigenvalue weighted by Gasteiger charge is -2.17. The van der Waals surface area contributed by atoms with E-state index in [9.17, 15) is 14.0 Å². The summed E-state index contributed by atoms with van der Waals surface area (Å²) >= 11 is 0. The number of amides is 2. The monoisotopic (exact) mass is 331 g/mol. The van der Waals surface area contributed by atoms with E-state index in [-0.39, 0.29) is 24.2 Å². The van der Waals surface area contributed by atoms with E-state index in [4.69, 9.17) is 0 Å². The number of nitrogens with zero attached hydrogens (tertiary/aromatic N) is 1. The van der Waals surface area contributed by atoms with Crippen LogP contribution >= 0.6 is 0 Å². The molecule has 0 N–H and O–H groups in total. The normalized spacial score (nSPS) is 13.2. The van der Waals surface area contributed by atoms with E-state index in [0.717, 1.165) is 11.1 Å². The van der Waals surface area contributed by atoms with Gasteiger partial charge >= 0.3 is 0 Å². The predicted molar refractivity (Wildman–Crippen MR) is 92.5 cm³/mol. The van der Waals surface area contributed by atoms with E-state index in [2.05, 4.69) is 0 Å². The third-order valence-electron chi connectivity index (χ3n) is 4.36. The molecule has 0 atom stereocenters. The van der Waals surface area contributed by atoms with Crippen molar-refractivity contribution in [2.24, 2.45) is 0 Å². The Hall–Kier alpha value is -3.27. The highest BCUT2D eigenvalue weighted by Crippen LogP contribution is 2.29. The number of halogens is 1. The van der Waals surface area contributed by atoms with Crippen molar-refractivity contribution >= 4 is 11.8 Å². The summed E-state index contributed by atoms with van der Waals surface area (Å²) in [5, 5.41) is 0. The van der Waals surface area contributed by atoms with Gasteiger partial charge in [0.2, 0.25) is 0 Å². The minimum atomic E-state index is -0.326. The van der Waals surface area contributed by atoms with Gasteiger partial charge in [-0.05, 0) is 41.0 Å². The van der Waals surface area contributed by atoms with Crippen LogP contribution in [0.3, 0.4) is 0 Å². The molecule has 0 saturated carbocycles. The minimum absolute atomic E-state index is 0.152. The SMILES string of the molecule is O=C1c2ccccc2C(=O)N1Cc1ccccc1-c1cccc(F)c1. The molecular formula is C21H14FNO2. The molecule has 4 rings (SSSR count). The van der Waals surface area contributed by atoms with E-state index in [1.54, 1.807) is 30.3 Å². The van der Waals surface area contributed by atoms with Crippen LogP contribution in [0.1, 0.15) is 26.3 Å². The largest absolute Gasteiger partial charge is 0.270 e. The van der Waals surface area contributed by atoms with Gasteiger partial charge in [0.1, 0.15) is 5.82 Å². The number of fused-ring (bicyclic) bond motifs is 1. The Morgan fingerprint density at radius 2 is 1.32 bits per heavy atom. The summed E-state index contributed by atoms with van der Waals surface area (Å²) in [6, 6.07) is 20.5. The van der Waals surface area contributed by atoms with E-state index < -0.39 is 0 Å². The van der Waals surface area contributed by atoms with Crippen molar-refractivity contribution in [1.82, 2.24) is 4.90 Å². The zero-order valence-corrected chi connectivity index (χ0v) is 13.3. The molecule has 3 nitrogen and oxygen atoms in total. The Morgan fingerprint density at radius 3 is 1.96 bits per heavy atom. The molecule has 4 heteroatoms. The number of imide groups is 1. The van der Waals surface area contributed by atoms with Gasteiger partial charge in [-0.3, -0.25) is 14.5 Å². The summed E-state index contributed by atoms with van der Waals surface area (Å²) in [4.78, 5) is 26.4. The highest BCUT2D eigenvalue weighted by molar-refractivity contribution is 6.21. The van der Waals surface area contributed by atoms with Gasteiger partial charge in [-0.15, -0.1) is 0 Å². The molecule has 0 aliphatic carbocycles. The van der Waals surface area contributed by atoms with Gasteiger partial charge < -0.3 is 0 Å². The molecule has 0 fully saturated rings. The van der Waals surface area contributed by atoms with Crippen LogP contribution in [0.4, 0.5) is 4.39 Å². The second kappa shape index (κ2) is 5.98. The van der Waals surface area contributed by atoms with E-state index in [1.807, 2.05) is 30.3 Å². The van der Waals surface area contributed by atoms with E-state index >= 15 is 0 Å². The highest BCUT2D eigenvalue weighted by atomic mass is 19.1. The molecule has 0 aromatic heterocycles. The van der Waals surface area contributed by atoms with Crippen LogP contribution in [0.15, 0.2) is 72.8 Å². The Kier molecular flexibility index (Phi) is 3.65. The first-order valence-corrected chi connectivity index (χ1v) is 7.94. The van der Waals surface area contributed by atoms with Crippen LogP contribution in [-0.2, 0) is 6.54 Å². The first-order chi connectivity index (χ1) is 12.1. The molecule has 0 bridgehead atoms. The lowest BCUT2D eigenvalue weighted by Crippen LogP contribution is -2.29. The fraction of sp³-hybridized carbons (Fsp3) is 0.0476. The average molecular weight is 331 g/mol. The van der Waals surface area contributed by atoms with Gasteiger partial charge in [0.05, 0.1) is 17.7 Å². The first kappa shape index (κ1) is 15.3. The predicted octanol–water partition coefficient (Wildman–Crippen LogP) is 4.29. The maximum absolute atomic E-state index is 13.6. The second-order valence-corrected chi connectivity index (χ2v) is 5.91. The van der Waals surface area contributed by atoms with Crippen molar-refractivity contribution in [3.8, 4) is 11.1 Å². The van der Waals surface area contributed by atoms with Crippen LogP contribution in [0.25, 0.3) is 11.1 Å². The Labute approximate surface area is 144 Å². The highest BCUT2D eigenvalue weighted by Gasteiger charge is 2.35. The number of carbonyl (C=O) groups is 2. The molecule has 25 heavy (non-hydrogen) atoms. The zero-order chi connectivity index (χ0) is 17.4. The Morgan fingerprint density at radius 1 is 0.720 bits per heavy atom. The van der Waals surface area contributed by atoms with Crippen LogP contribution in [0.2, 0.25) is 0 Å². The number of benzene rings is 3. The standard InChI is InChI=1S/C21H14FNO2/c22-16-8-5-7-14(12-16)17-9-2-1-6-15(17)13-23-20(24)18-10-3-4-11-19(18)21(23)25/h1-12H,13H2. The first-order valence-electron chi connectivity index (χ1n) is 7.94. The smallest absolute Gasteiger partial charge is 0.261 e. The molecule has 0 saturated heterocycles. The summed E-state index contributed by atoms with van der Waals surface area (Å²) in [5.41, 5.74) is 3.17. The van der Waals surface area contributed by atoms with Crippen molar-refractivity contribution < 1.29 is 14.0 Å². The molecule has 3 aromatic carbocycles. The summed E-state index contributed by atoms with van der Waals surface area (Å²) in [6.07, 6.45) is 0. The van der Waals surface area contributed by atoms with Crippen molar-refractivity contribution in [2.45, 2.75) is 6.54 Å². The topological polar surface area (TPSA) is 37.4 Å². The minimum Gasteiger partial charge on any atom is -0.270 e. The van der Waals surface area contributed by atoms with Gasteiger partial charge in [0, 0.05) is 0 Å². The van der Waals surface area contributed by atoms with Crippen LogP contribution in [0, 0.1) is 5.82 Å². The molecular weight excluding hydrogens is 317 g/mol. The summed E-state index contributed by atoms with van der Waals surface area (Å²) in [6.45, 7) is 0.152. The maximum atomic E-state index is 13.6. The second-order valence-electron chi connectivity index (χ2n) is 5.91. The average Bonchev–Trinajstić information content (AvgIpc) is 2.88. The molecule has 0 spiro atoms. The van der Waals surface area contributed by atoms with Crippen molar-refractivity contribution in [3.05, 3.63) is 95.3 Å². The fourth-order valence-corrected chi connectivity index (χ4v) is 3.15. The molecule has 1 aliphatic rings. The van der Waals surface area contributed by atoms with Crippen LogP contribution in [-0.4, -0.2) is 16.7 Å². The van der Waals surface area contributed by atoms with Gasteiger partial charge in [-0.1, -0.05) is 48.5 Å². The number of hydrogen-bond donors (Lipinski definition) is 0. The third-order valence-corrected chi connectivity index (χ3v) is 4.36. The summed E-state index contributed by atoms with van der Waals surface area (Å²) in [7, 11) is 0. The Bertz CT molecular complexity index is 961. The van der Waals surface area contributed by atoms with Crippen LogP contribution in [0.5, 0.6) is 0 Å². The van der Waals surface area contributed by atoms with Crippen molar-refractivity contribution in [1.29, 1.82) is 0 Å². The van der Waals surface area contributed by atoms with Gasteiger partial charge in [0.15, 0.2) is 0 Å². The van der Waals surface area contributed by atoms with Gasteiger partial charge in [-0.2, -0.15) is 0 Å². The fourth-order valence-electron chi connectivity index (χ4n) is 3.15. The maximum Gasteiger partial charge on any atom is 0.261 e. The quantitative estimate of drug-likeness (QED) is 0.672. The van der Waals surface area contributed by atoms with Crippen LogP contribution < -0.4 is 0 Å². The molecule has 3 aromatic rings. The van der Waals surface area contributed by atoms with Crippen molar-refractivity contribution in [2.75, 3.05) is 0 Å². The number of carbonyl (C=O) groups excluding carboxylic acids is 2. The molecule has 122 valence electrons. The molecule has 1 aliphatic heterocycles. The van der Waals surface area contributed by atoms with Crippen molar-refractivity contribution in [3.63, 3.8) is 0 Å². The third kappa shape index (κ3) is 2.62. The number of rotatable bonds is 3. The summed E-state index contributed by atoms with van der Waals surface area (Å²) < 4.78 is 13.6. The number of hydrogen-bond acceptors (Lipinski definition) is 2. The lowest BCUT2D eigenvalue weighted by molar-refractivity contribution is 0.0642. The van der Waals surface area contributed by atoms with Gasteiger partial charge in [0.25, 0.3) is 11.8 Å². The lowest BCUT2D eigenvalue weighted by atomic mass is 9.99. The molecule has 1 heterocycles.